The van der Waals surface area contributed by atoms with E-state index in [1.54, 1.807) is 0 Å². The van der Waals surface area contributed by atoms with Crippen LogP contribution >= 0.6 is 15.9 Å². The van der Waals surface area contributed by atoms with Gasteiger partial charge in [0.25, 0.3) is 0 Å². The van der Waals surface area contributed by atoms with Gasteiger partial charge in [-0.3, -0.25) is 4.98 Å². The van der Waals surface area contributed by atoms with Crippen molar-refractivity contribution < 1.29 is 9.60 Å². The molecule has 0 aromatic carbocycles. The van der Waals surface area contributed by atoms with Crippen LogP contribution in [0, 0.1) is 0 Å². The Hall–Kier alpha value is -0.440. The zero-order valence-corrected chi connectivity index (χ0v) is 6.51. The zero-order chi connectivity index (χ0) is 13.5. The lowest BCUT2D eigenvalue weighted by molar-refractivity contribution is 0.806. The highest BCUT2D eigenvalue weighted by Gasteiger charge is 1.99. The van der Waals surface area contributed by atoms with E-state index in [1.807, 2.05) is 0 Å². The summed E-state index contributed by atoms with van der Waals surface area (Å²) in [6.07, 6.45) is 2.26. The summed E-state index contributed by atoms with van der Waals surface area (Å²) in [6, 6.07) is 0. The van der Waals surface area contributed by atoms with Gasteiger partial charge < -0.3 is 0 Å². The predicted octanol–water partition coefficient (Wildman–Crippen LogP) is 2.36. The largest absolute Gasteiger partial charge is 0.260 e. The van der Waals surface area contributed by atoms with E-state index >= 15 is 0 Å². The molecule has 1 aromatic rings. The summed E-state index contributed by atoms with van der Waals surface area (Å²) in [5.41, 5.74) is -0.410. The van der Waals surface area contributed by atoms with Crippen molar-refractivity contribution in [3.05, 3.63) is 22.7 Å². The van der Waals surface area contributed by atoms with Crippen LogP contribution in [0.15, 0.2) is 17.0 Å². The Morgan fingerprint density at radius 1 is 1.70 bits per heavy atom. The highest BCUT2D eigenvalue weighted by atomic mass is 79.9. The van der Waals surface area contributed by atoms with Crippen molar-refractivity contribution in [3.8, 4) is 0 Å². The summed E-state index contributed by atoms with van der Waals surface area (Å²) < 4.78 is 51.5. The first-order chi connectivity index (χ1) is 7.50. The molecule has 54 valence electrons. The zero-order valence-electron chi connectivity index (χ0n) is 11.9. The number of rotatable bonds is 1. The fourth-order valence-corrected chi connectivity index (χ4v) is 0.772. The maximum atomic E-state index is 7.81. The van der Waals surface area contributed by atoms with Crippen LogP contribution in [0.25, 0.3) is 0 Å². The average Bonchev–Trinajstić information content (AvgIpc) is 2.12. The van der Waals surface area contributed by atoms with Crippen molar-refractivity contribution in [2.45, 2.75) is 19.6 Å². The molecule has 0 saturated carbocycles. The number of aromatic nitrogens is 2. The minimum atomic E-state index is -3.03. The first kappa shape index (κ1) is 2.55. The highest BCUT2D eigenvalue weighted by Crippen LogP contribution is 2.12. The van der Waals surface area contributed by atoms with E-state index in [9.17, 15) is 0 Å². The van der Waals surface area contributed by atoms with Crippen LogP contribution in [0.3, 0.4) is 0 Å². The molecule has 3 heteroatoms. The van der Waals surface area contributed by atoms with Crippen molar-refractivity contribution in [1.29, 1.82) is 0 Å². The summed E-state index contributed by atoms with van der Waals surface area (Å²) in [7, 11) is 0. The van der Waals surface area contributed by atoms with Gasteiger partial charge in [-0.1, -0.05) is 13.7 Å². The second-order valence-corrected chi connectivity index (χ2v) is 2.41. The van der Waals surface area contributed by atoms with Crippen LogP contribution in [0.1, 0.15) is 34.9 Å². The van der Waals surface area contributed by atoms with Gasteiger partial charge in [-0.15, -0.1) is 0 Å². The van der Waals surface area contributed by atoms with E-state index in [2.05, 4.69) is 25.9 Å². The van der Waals surface area contributed by atoms with Crippen LogP contribution in [-0.4, -0.2) is 9.97 Å². The van der Waals surface area contributed by atoms with Crippen LogP contribution in [0.5, 0.6) is 0 Å². The lowest BCUT2D eigenvalue weighted by Gasteiger charge is -2.01. The smallest absolute Gasteiger partial charge is 0.124 e. The minimum Gasteiger partial charge on any atom is -0.260 e. The minimum absolute atomic E-state index is 0.181. The third-order valence-corrected chi connectivity index (χ3v) is 1.24. The second-order valence-electron chi connectivity index (χ2n) is 1.60. The molecule has 0 bridgehead atoms. The normalized spacial score (nSPS) is 24.3. The molecule has 0 saturated heterocycles. The molecule has 0 aliphatic heterocycles. The topological polar surface area (TPSA) is 25.8 Å². The molecular weight excluding hydrogens is 192 g/mol. The molecule has 10 heavy (non-hydrogen) atoms. The summed E-state index contributed by atoms with van der Waals surface area (Å²) >= 11 is 2.96. The van der Waals surface area contributed by atoms with Gasteiger partial charge in [0.1, 0.15) is 4.60 Å². The molecule has 1 rings (SSSR count). The second kappa shape index (κ2) is 3.10. The number of nitrogens with zero attached hydrogens (tertiary/aromatic N) is 2. The quantitative estimate of drug-likeness (QED) is 0.707. The van der Waals surface area contributed by atoms with Crippen molar-refractivity contribution in [2.75, 3.05) is 0 Å². The maximum absolute atomic E-state index is 7.81. The molecule has 1 aromatic heterocycles. The summed E-state index contributed by atoms with van der Waals surface area (Å²) in [5.74, 6) is -2.79. The predicted molar refractivity (Wildman–Crippen MR) is 43.8 cm³/mol. The van der Waals surface area contributed by atoms with E-state index in [1.165, 1.54) is 6.20 Å². The molecule has 0 amide bonds. The van der Waals surface area contributed by atoms with Crippen molar-refractivity contribution in [1.82, 2.24) is 9.97 Å². The Morgan fingerprint density at radius 2 is 2.50 bits per heavy atom. The Morgan fingerprint density at radius 3 is 3.10 bits per heavy atom. The van der Waals surface area contributed by atoms with E-state index in [4.69, 9.17) is 9.60 Å². The Balaban J connectivity index is 3.46. The average molecular weight is 208 g/mol. The van der Waals surface area contributed by atoms with Gasteiger partial charge >= 0.3 is 0 Å². The van der Waals surface area contributed by atoms with Gasteiger partial charge in [0.05, 0.1) is 11.9 Å². The van der Waals surface area contributed by atoms with Crippen molar-refractivity contribution >= 4 is 15.9 Å². The van der Waals surface area contributed by atoms with E-state index in [-0.39, 0.29) is 4.60 Å². The number of hydrogen-bond donors (Lipinski definition) is 0. The molecule has 0 atom stereocenters. The molecule has 1 heterocycles. The lowest BCUT2D eigenvalue weighted by atomic mass is 10.1. The van der Waals surface area contributed by atoms with Gasteiger partial charge in [0.2, 0.25) is 0 Å². The Bertz CT molecular complexity index is 399. The first-order valence-corrected chi connectivity index (χ1v) is 3.27. The standard InChI is InChI=1S/C7H9BrN2/c1-5(2)6-3-9-4-7(8)10-6/h3-5H,1-2H3/i1D3,2D3,5D. The van der Waals surface area contributed by atoms with Gasteiger partial charge in [0, 0.05) is 15.8 Å². The molecule has 0 aliphatic rings. The molecule has 0 N–H and O–H groups in total. The molecule has 0 unspecified atom stereocenters. The van der Waals surface area contributed by atoms with E-state index in [0.717, 1.165) is 6.20 Å². The fourth-order valence-electron chi connectivity index (χ4n) is 0.463. The van der Waals surface area contributed by atoms with Crippen LogP contribution in [-0.2, 0) is 0 Å². The van der Waals surface area contributed by atoms with Crippen molar-refractivity contribution in [2.24, 2.45) is 0 Å². The van der Waals surface area contributed by atoms with Gasteiger partial charge in [-0.25, -0.2) is 4.98 Å². The van der Waals surface area contributed by atoms with Crippen LogP contribution in [0.2, 0.25) is 0 Å². The fraction of sp³-hybridized carbons (Fsp3) is 0.429. The molecule has 0 fully saturated rings. The number of halogens is 1. The SMILES string of the molecule is [2H]C([2H])([2H])C([2H])(c1cncc(Br)n1)C([2H])([2H])[2H]. The Kier molecular flexibility index (Phi) is 0.792. The first-order valence-electron chi connectivity index (χ1n) is 5.98. The van der Waals surface area contributed by atoms with Gasteiger partial charge in [-0.2, -0.15) is 0 Å². The van der Waals surface area contributed by atoms with Gasteiger partial charge in [-0.05, 0) is 21.8 Å². The van der Waals surface area contributed by atoms with Crippen LogP contribution < -0.4 is 0 Å². The van der Waals surface area contributed by atoms with Crippen LogP contribution in [0.4, 0.5) is 0 Å². The molecule has 2 nitrogen and oxygen atoms in total. The molecule has 0 radical (unpaired) electrons. The summed E-state index contributed by atoms with van der Waals surface area (Å²) in [6.45, 7) is -6.07. The van der Waals surface area contributed by atoms with Gasteiger partial charge in [0.15, 0.2) is 0 Å². The monoisotopic (exact) mass is 207 g/mol. The number of hydrogen-bond acceptors (Lipinski definition) is 2. The van der Waals surface area contributed by atoms with Crippen molar-refractivity contribution in [3.63, 3.8) is 0 Å². The molecule has 0 spiro atoms. The third kappa shape index (κ3) is 1.77. The highest BCUT2D eigenvalue weighted by molar-refractivity contribution is 9.10. The maximum Gasteiger partial charge on any atom is 0.124 e. The third-order valence-electron chi connectivity index (χ3n) is 0.861. The molecular formula is C7H9BrN2. The summed E-state index contributed by atoms with van der Waals surface area (Å²) in [5, 5.41) is 0. The van der Waals surface area contributed by atoms with E-state index < -0.39 is 25.3 Å². The van der Waals surface area contributed by atoms with E-state index in [0.29, 0.717) is 0 Å². The lowest BCUT2D eigenvalue weighted by Crippen LogP contribution is -1.93. The Labute approximate surface area is 78.7 Å². The molecule has 0 aliphatic carbocycles. The summed E-state index contributed by atoms with van der Waals surface area (Å²) in [4.78, 5) is 7.37.